The second-order valence-corrected chi connectivity index (χ2v) is 7.02. The van der Waals surface area contributed by atoms with Crippen LogP contribution in [0, 0.1) is 6.92 Å². The van der Waals surface area contributed by atoms with Crippen LogP contribution in [0.4, 0.5) is 18.9 Å². The molecule has 0 aliphatic carbocycles. The van der Waals surface area contributed by atoms with E-state index in [1.54, 1.807) is 18.2 Å². The highest BCUT2D eigenvalue weighted by Crippen LogP contribution is 2.34. The smallest absolute Gasteiger partial charge is 0.321 e. The number of aryl methyl sites for hydroxylation is 1. The number of halogens is 5. The summed E-state index contributed by atoms with van der Waals surface area (Å²) in [4.78, 5) is 12.5. The van der Waals surface area contributed by atoms with E-state index < -0.39 is 23.3 Å². The van der Waals surface area contributed by atoms with Gasteiger partial charge < -0.3 is 5.32 Å². The van der Waals surface area contributed by atoms with Gasteiger partial charge >= 0.3 is 6.18 Å². The number of anilines is 1. The van der Waals surface area contributed by atoms with E-state index in [1.165, 1.54) is 24.3 Å². The van der Waals surface area contributed by atoms with E-state index in [0.717, 1.165) is 11.8 Å². The summed E-state index contributed by atoms with van der Waals surface area (Å²) in [5.74, 6) is -0.917. The average molecular weight is 459 g/mol. The normalized spacial score (nSPS) is 11.5. The number of aromatic nitrogens is 2. The summed E-state index contributed by atoms with van der Waals surface area (Å²) in [6.07, 6.45) is -3.91. The second kappa shape index (κ2) is 7.36. The van der Waals surface area contributed by atoms with Crippen LogP contribution in [-0.2, 0) is 6.18 Å². The molecule has 1 amide bonds. The first-order chi connectivity index (χ1) is 12.7. The first-order valence-electron chi connectivity index (χ1n) is 7.65. The van der Waals surface area contributed by atoms with Crippen molar-refractivity contribution in [3.63, 3.8) is 0 Å². The van der Waals surface area contributed by atoms with Crippen molar-refractivity contribution in [2.75, 3.05) is 5.32 Å². The highest BCUT2D eigenvalue weighted by atomic mass is 79.9. The third-order valence-corrected chi connectivity index (χ3v) is 4.60. The minimum absolute atomic E-state index is 0.102. The molecule has 140 valence electrons. The third-order valence-electron chi connectivity index (χ3n) is 3.71. The lowest BCUT2D eigenvalue weighted by Crippen LogP contribution is -2.20. The van der Waals surface area contributed by atoms with Crippen molar-refractivity contribution < 1.29 is 18.0 Å². The fourth-order valence-corrected chi connectivity index (χ4v) is 3.28. The van der Waals surface area contributed by atoms with Crippen LogP contribution in [-0.4, -0.2) is 15.7 Å². The van der Waals surface area contributed by atoms with Crippen LogP contribution in [0.25, 0.3) is 5.69 Å². The van der Waals surface area contributed by atoms with Gasteiger partial charge in [-0.3, -0.25) is 4.79 Å². The van der Waals surface area contributed by atoms with Gasteiger partial charge in [0.1, 0.15) is 0 Å². The molecular weight excluding hydrogens is 447 g/mol. The number of hydrogen-bond acceptors (Lipinski definition) is 2. The highest BCUT2D eigenvalue weighted by molar-refractivity contribution is 9.10. The Morgan fingerprint density at radius 1 is 1.22 bits per heavy atom. The molecule has 0 aliphatic rings. The fraction of sp³-hybridized carbons (Fsp3) is 0.111. The van der Waals surface area contributed by atoms with Crippen molar-refractivity contribution in [3.05, 3.63) is 75.0 Å². The first-order valence-corrected chi connectivity index (χ1v) is 8.82. The molecule has 9 heteroatoms. The Labute approximate surface area is 166 Å². The molecule has 3 aromatic rings. The topological polar surface area (TPSA) is 46.9 Å². The average Bonchev–Trinajstić information content (AvgIpc) is 3.03. The van der Waals surface area contributed by atoms with Crippen LogP contribution in [0.2, 0.25) is 5.02 Å². The van der Waals surface area contributed by atoms with Gasteiger partial charge in [0.25, 0.3) is 5.91 Å². The fourth-order valence-electron chi connectivity index (χ4n) is 2.50. The Morgan fingerprint density at radius 2 is 1.96 bits per heavy atom. The third kappa shape index (κ3) is 4.17. The predicted molar refractivity (Wildman–Crippen MR) is 100 cm³/mol. The Balaban J connectivity index is 2.04. The molecule has 27 heavy (non-hydrogen) atoms. The number of nitrogens with one attached hydrogen (secondary N) is 1. The van der Waals surface area contributed by atoms with E-state index in [0.29, 0.717) is 14.8 Å². The number of hydrogen-bond donors (Lipinski definition) is 1. The summed E-state index contributed by atoms with van der Waals surface area (Å²) in [6.45, 7) is 1.85. The molecule has 0 atom stereocenters. The molecule has 0 spiro atoms. The van der Waals surface area contributed by atoms with Crippen LogP contribution < -0.4 is 5.32 Å². The van der Waals surface area contributed by atoms with E-state index in [1.807, 2.05) is 6.92 Å². The van der Waals surface area contributed by atoms with Crippen molar-refractivity contribution >= 4 is 39.1 Å². The van der Waals surface area contributed by atoms with Gasteiger partial charge in [-0.15, -0.1) is 0 Å². The SMILES string of the molecule is Cc1ccc(NC(=O)c2cnn(-c3cccc(Cl)c3)c2C(F)(F)F)c(Br)c1. The van der Waals surface area contributed by atoms with E-state index in [9.17, 15) is 18.0 Å². The molecule has 1 aromatic heterocycles. The summed E-state index contributed by atoms with van der Waals surface area (Å²) in [5, 5.41) is 6.49. The number of carbonyl (C=O) groups excluding carboxylic acids is 1. The molecule has 0 bridgehead atoms. The van der Waals surface area contributed by atoms with Crippen LogP contribution in [0.3, 0.4) is 0 Å². The lowest BCUT2D eigenvalue weighted by atomic mass is 10.2. The van der Waals surface area contributed by atoms with E-state index >= 15 is 0 Å². The van der Waals surface area contributed by atoms with Gasteiger partial charge in [-0.2, -0.15) is 18.3 Å². The molecule has 0 fully saturated rings. The van der Waals surface area contributed by atoms with Gasteiger partial charge in [0.2, 0.25) is 0 Å². The Hall–Kier alpha value is -2.32. The maximum absolute atomic E-state index is 13.7. The summed E-state index contributed by atoms with van der Waals surface area (Å²) in [5.41, 5.74) is -0.371. The van der Waals surface area contributed by atoms with Gasteiger partial charge in [0, 0.05) is 9.50 Å². The molecule has 1 N–H and O–H groups in total. The van der Waals surface area contributed by atoms with Gasteiger partial charge in [-0.25, -0.2) is 4.68 Å². The van der Waals surface area contributed by atoms with Gasteiger partial charge in [-0.05, 0) is 58.7 Å². The zero-order chi connectivity index (χ0) is 19.8. The number of rotatable bonds is 3. The zero-order valence-electron chi connectivity index (χ0n) is 13.8. The number of benzene rings is 2. The number of alkyl halides is 3. The first kappa shape index (κ1) is 19.4. The zero-order valence-corrected chi connectivity index (χ0v) is 16.2. The molecule has 0 saturated heterocycles. The van der Waals surface area contributed by atoms with Crippen LogP contribution in [0.1, 0.15) is 21.6 Å². The maximum Gasteiger partial charge on any atom is 0.434 e. The molecule has 1 heterocycles. The molecule has 4 nitrogen and oxygen atoms in total. The summed E-state index contributed by atoms with van der Waals surface area (Å²) >= 11 is 9.14. The Bertz CT molecular complexity index is 1020. The van der Waals surface area contributed by atoms with Crippen LogP contribution in [0.5, 0.6) is 0 Å². The summed E-state index contributed by atoms with van der Waals surface area (Å²) in [6, 6.07) is 10.9. The quantitative estimate of drug-likeness (QED) is 0.534. The number of nitrogens with zero attached hydrogens (tertiary/aromatic N) is 2. The minimum Gasteiger partial charge on any atom is -0.321 e. The van der Waals surface area contributed by atoms with Crippen molar-refractivity contribution in [2.45, 2.75) is 13.1 Å². The standard InChI is InChI=1S/C18H12BrClF3N3O/c1-10-5-6-15(14(19)7-10)25-17(27)13-9-24-26(16(13)18(21,22)23)12-4-2-3-11(20)8-12/h2-9H,1H3,(H,25,27). The molecule has 3 rings (SSSR count). The lowest BCUT2D eigenvalue weighted by Gasteiger charge is -2.13. The minimum atomic E-state index is -4.80. The van der Waals surface area contributed by atoms with Gasteiger partial charge in [0.15, 0.2) is 5.69 Å². The molecule has 0 aliphatic heterocycles. The second-order valence-electron chi connectivity index (χ2n) is 5.73. The van der Waals surface area contributed by atoms with Crippen LogP contribution >= 0.6 is 27.5 Å². The van der Waals surface area contributed by atoms with Crippen molar-refractivity contribution in [2.24, 2.45) is 0 Å². The van der Waals surface area contributed by atoms with Crippen LogP contribution in [0.15, 0.2) is 53.1 Å². The Morgan fingerprint density at radius 3 is 2.59 bits per heavy atom. The van der Waals surface area contributed by atoms with Gasteiger partial charge in [0.05, 0.1) is 23.1 Å². The van der Waals surface area contributed by atoms with Crippen molar-refractivity contribution in [3.8, 4) is 5.69 Å². The molecular formula is C18H12BrClF3N3O. The number of carbonyl (C=O) groups is 1. The molecule has 0 radical (unpaired) electrons. The monoisotopic (exact) mass is 457 g/mol. The van der Waals surface area contributed by atoms with Gasteiger partial charge in [-0.1, -0.05) is 23.7 Å². The highest BCUT2D eigenvalue weighted by Gasteiger charge is 2.40. The van der Waals surface area contributed by atoms with Crippen molar-refractivity contribution in [1.82, 2.24) is 9.78 Å². The van der Waals surface area contributed by atoms with E-state index in [2.05, 4.69) is 26.3 Å². The number of amides is 1. The maximum atomic E-state index is 13.7. The van der Waals surface area contributed by atoms with E-state index in [-0.39, 0.29) is 10.7 Å². The summed E-state index contributed by atoms with van der Waals surface area (Å²) in [7, 11) is 0. The molecule has 2 aromatic carbocycles. The molecule has 0 unspecified atom stereocenters. The largest absolute Gasteiger partial charge is 0.434 e. The summed E-state index contributed by atoms with van der Waals surface area (Å²) < 4.78 is 42.2. The Kier molecular flexibility index (Phi) is 5.30. The lowest BCUT2D eigenvalue weighted by molar-refractivity contribution is -0.143. The predicted octanol–water partition coefficient (Wildman–Crippen LogP) is 5.87. The van der Waals surface area contributed by atoms with E-state index in [4.69, 9.17) is 11.6 Å². The molecule has 0 saturated carbocycles. The van der Waals surface area contributed by atoms with Crippen molar-refractivity contribution in [1.29, 1.82) is 0 Å².